The number of nitriles is 1. The maximum Gasteiger partial charge on any atom is 0.0638 e. The van der Waals surface area contributed by atoms with Gasteiger partial charge in [-0.2, -0.15) is 5.26 Å². The molecule has 0 aromatic rings. The SMILES string of the molecule is CN1C(CC#N)CCC2CCCCC21. The van der Waals surface area contributed by atoms with Crippen LogP contribution in [0.15, 0.2) is 0 Å². The van der Waals surface area contributed by atoms with Gasteiger partial charge in [0.05, 0.1) is 12.5 Å². The molecule has 0 radical (unpaired) electrons. The first kappa shape index (κ1) is 9.98. The number of piperidine rings is 1. The van der Waals surface area contributed by atoms with E-state index >= 15 is 0 Å². The number of rotatable bonds is 1. The first-order valence-electron chi connectivity index (χ1n) is 5.92. The summed E-state index contributed by atoms with van der Waals surface area (Å²) in [7, 11) is 2.23. The minimum absolute atomic E-state index is 0.541. The van der Waals surface area contributed by atoms with Crippen LogP contribution in [0, 0.1) is 17.2 Å². The van der Waals surface area contributed by atoms with Crippen molar-refractivity contribution < 1.29 is 0 Å². The molecule has 1 saturated heterocycles. The van der Waals surface area contributed by atoms with Gasteiger partial charge in [0.15, 0.2) is 0 Å². The van der Waals surface area contributed by atoms with Gasteiger partial charge < -0.3 is 0 Å². The van der Waals surface area contributed by atoms with Gasteiger partial charge >= 0.3 is 0 Å². The lowest BCUT2D eigenvalue weighted by Crippen LogP contribution is -2.49. The van der Waals surface area contributed by atoms with Crippen molar-refractivity contribution >= 4 is 0 Å². The van der Waals surface area contributed by atoms with Gasteiger partial charge in [0.25, 0.3) is 0 Å². The monoisotopic (exact) mass is 192 g/mol. The van der Waals surface area contributed by atoms with E-state index in [1.807, 2.05) is 0 Å². The van der Waals surface area contributed by atoms with Gasteiger partial charge in [-0.05, 0) is 38.6 Å². The summed E-state index contributed by atoms with van der Waals surface area (Å²) >= 11 is 0. The van der Waals surface area contributed by atoms with E-state index in [9.17, 15) is 0 Å². The molecule has 1 aliphatic carbocycles. The molecule has 2 heteroatoms. The average Bonchev–Trinajstić information content (AvgIpc) is 2.23. The Morgan fingerprint density at radius 2 is 2.00 bits per heavy atom. The van der Waals surface area contributed by atoms with Crippen molar-refractivity contribution in [2.75, 3.05) is 7.05 Å². The number of hydrogen-bond acceptors (Lipinski definition) is 2. The topological polar surface area (TPSA) is 27.0 Å². The van der Waals surface area contributed by atoms with E-state index in [-0.39, 0.29) is 0 Å². The molecule has 0 amide bonds. The highest BCUT2D eigenvalue weighted by atomic mass is 15.2. The fourth-order valence-corrected chi connectivity index (χ4v) is 3.29. The van der Waals surface area contributed by atoms with E-state index in [0.717, 1.165) is 18.4 Å². The fourth-order valence-electron chi connectivity index (χ4n) is 3.29. The van der Waals surface area contributed by atoms with Gasteiger partial charge in [0.1, 0.15) is 0 Å². The second-order valence-electron chi connectivity index (χ2n) is 4.87. The highest BCUT2D eigenvalue weighted by molar-refractivity contribution is 4.93. The van der Waals surface area contributed by atoms with Gasteiger partial charge in [-0.1, -0.05) is 12.8 Å². The Bertz CT molecular complexity index is 231. The molecule has 3 atom stereocenters. The molecular weight excluding hydrogens is 172 g/mol. The third-order valence-corrected chi connectivity index (χ3v) is 4.17. The van der Waals surface area contributed by atoms with Crippen molar-refractivity contribution in [1.29, 1.82) is 5.26 Å². The summed E-state index contributed by atoms with van der Waals surface area (Å²) in [5.41, 5.74) is 0. The second-order valence-corrected chi connectivity index (χ2v) is 4.87. The predicted octanol–water partition coefficient (Wildman–Crippen LogP) is 2.55. The molecule has 78 valence electrons. The van der Waals surface area contributed by atoms with Crippen LogP contribution in [0.3, 0.4) is 0 Å². The summed E-state index contributed by atoms with van der Waals surface area (Å²) in [5.74, 6) is 0.934. The number of hydrogen-bond donors (Lipinski definition) is 0. The minimum atomic E-state index is 0.541. The first-order valence-corrected chi connectivity index (χ1v) is 5.92. The highest BCUT2D eigenvalue weighted by Crippen LogP contribution is 2.37. The number of nitrogens with zero attached hydrogens (tertiary/aromatic N) is 2. The van der Waals surface area contributed by atoms with Crippen LogP contribution in [0.4, 0.5) is 0 Å². The quantitative estimate of drug-likeness (QED) is 0.638. The van der Waals surface area contributed by atoms with Crippen LogP contribution in [0.1, 0.15) is 44.9 Å². The summed E-state index contributed by atoms with van der Waals surface area (Å²) in [6.45, 7) is 0. The van der Waals surface area contributed by atoms with E-state index in [0.29, 0.717) is 6.04 Å². The third kappa shape index (κ3) is 1.79. The van der Waals surface area contributed by atoms with Crippen LogP contribution in [-0.2, 0) is 0 Å². The Morgan fingerprint density at radius 3 is 2.79 bits per heavy atom. The van der Waals surface area contributed by atoms with Crippen molar-refractivity contribution in [3.63, 3.8) is 0 Å². The summed E-state index contributed by atoms with van der Waals surface area (Å²) in [6, 6.07) is 3.65. The Morgan fingerprint density at radius 1 is 1.21 bits per heavy atom. The third-order valence-electron chi connectivity index (χ3n) is 4.17. The normalized spacial score (nSPS) is 38.7. The molecule has 0 N–H and O–H groups in total. The lowest BCUT2D eigenvalue weighted by molar-refractivity contribution is 0.0390. The van der Waals surface area contributed by atoms with Crippen LogP contribution >= 0.6 is 0 Å². The Labute approximate surface area is 86.9 Å². The molecular formula is C12H20N2. The summed E-state index contributed by atoms with van der Waals surface area (Å²) in [4.78, 5) is 2.50. The average molecular weight is 192 g/mol. The molecule has 1 heterocycles. The minimum Gasteiger partial charge on any atom is -0.299 e. The van der Waals surface area contributed by atoms with Crippen molar-refractivity contribution in [3.05, 3.63) is 0 Å². The molecule has 0 spiro atoms. The summed E-state index contributed by atoms with van der Waals surface area (Å²) in [6.07, 6.45) is 8.94. The van der Waals surface area contributed by atoms with Gasteiger partial charge in [-0.25, -0.2) is 0 Å². The maximum atomic E-state index is 8.76. The smallest absolute Gasteiger partial charge is 0.0638 e. The van der Waals surface area contributed by atoms with Crippen molar-refractivity contribution in [2.45, 2.75) is 57.0 Å². The van der Waals surface area contributed by atoms with Crippen molar-refractivity contribution in [2.24, 2.45) is 5.92 Å². The van der Waals surface area contributed by atoms with Crippen molar-refractivity contribution in [3.8, 4) is 6.07 Å². The first-order chi connectivity index (χ1) is 6.83. The van der Waals surface area contributed by atoms with Gasteiger partial charge in [0.2, 0.25) is 0 Å². The molecule has 0 aromatic heterocycles. The molecule has 2 aliphatic rings. The zero-order valence-electron chi connectivity index (χ0n) is 9.08. The van der Waals surface area contributed by atoms with Gasteiger partial charge in [-0.3, -0.25) is 4.90 Å². The molecule has 14 heavy (non-hydrogen) atoms. The number of fused-ring (bicyclic) bond motifs is 1. The lowest BCUT2D eigenvalue weighted by Gasteiger charge is -2.46. The molecule has 3 unspecified atom stereocenters. The Balaban J connectivity index is 2.00. The summed E-state index contributed by atoms with van der Waals surface area (Å²) < 4.78 is 0. The second kappa shape index (κ2) is 4.31. The van der Waals surface area contributed by atoms with Gasteiger partial charge in [-0.15, -0.1) is 0 Å². The fraction of sp³-hybridized carbons (Fsp3) is 0.917. The maximum absolute atomic E-state index is 8.76. The standard InChI is InChI=1S/C12H20N2/c1-14-11(8-9-13)7-6-10-4-2-3-5-12(10)14/h10-12H,2-8H2,1H3. The molecule has 1 aliphatic heterocycles. The predicted molar refractivity (Wildman–Crippen MR) is 56.8 cm³/mol. The van der Waals surface area contributed by atoms with E-state index in [1.54, 1.807) is 0 Å². The zero-order valence-corrected chi connectivity index (χ0v) is 9.08. The molecule has 0 bridgehead atoms. The van der Waals surface area contributed by atoms with Crippen LogP contribution < -0.4 is 0 Å². The molecule has 1 saturated carbocycles. The van der Waals surface area contributed by atoms with E-state index in [2.05, 4.69) is 18.0 Å². The highest BCUT2D eigenvalue weighted by Gasteiger charge is 2.35. The molecule has 0 aromatic carbocycles. The molecule has 2 fully saturated rings. The van der Waals surface area contributed by atoms with Crippen LogP contribution in [0.5, 0.6) is 0 Å². The Kier molecular flexibility index (Phi) is 3.08. The zero-order chi connectivity index (χ0) is 9.97. The van der Waals surface area contributed by atoms with Crippen molar-refractivity contribution in [1.82, 2.24) is 4.90 Å². The largest absolute Gasteiger partial charge is 0.299 e. The van der Waals surface area contributed by atoms with Crippen LogP contribution in [0.2, 0.25) is 0 Å². The van der Waals surface area contributed by atoms with E-state index in [4.69, 9.17) is 5.26 Å². The van der Waals surface area contributed by atoms with Crippen LogP contribution in [0.25, 0.3) is 0 Å². The molecule has 2 rings (SSSR count). The van der Waals surface area contributed by atoms with Gasteiger partial charge in [0, 0.05) is 12.1 Å². The van der Waals surface area contributed by atoms with E-state index < -0.39 is 0 Å². The Hall–Kier alpha value is -0.550. The van der Waals surface area contributed by atoms with Crippen LogP contribution in [-0.4, -0.2) is 24.0 Å². The molecule has 2 nitrogen and oxygen atoms in total. The summed E-state index contributed by atoms with van der Waals surface area (Å²) in [5, 5.41) is 8.76. The lowest BCUT2D eigenvalue weighted by atomic mass is 9.76. The number of likely N-dealkylation sites (tertiary alicyclic amines) is 1. The van der Waals surface area contributed by atoms with E-state index in [1.165, 1.54) is 38.5 Å².